The predicted molar refractivity (Wildman–Crippen MR) is 115 cm³/mol. The van der Waals surface area contributed by atoms with Gasteiger partial charge in [-0.15, -0.1) is 0 Å². The van der Waals surface area contributed by atoms with E-state index >= 15 is 0 Å². The van der Waals surface area contributed by atoms with E-state index in [-0.39, 0.29) is 36.5 Å². The van der Waals surface area contributed by atoms with Gasteiger partial charge in [-0.2, -0.15) is 5.26 Å². The van der Waals surface area contributed by atoms with Gasteiger partial charge in [0.1, 0.15) is 6.61 Å². The fraction of sp³-hybridized carbons (Fsp3) is 0.400. The van der Waals surface area contributed by atoms with Crippen LogP contribution in [0.5, 0.6) is 0 Å². The van der Waals surface area contributed by atoms with Crippen molar-refractivity contribution in [3.05, 3.63) is 70.3 Å². The number of carbonyl (C=O) groups excluding carboxylic acids is 2. The van der Waals surface area contributed by atoms with Gasteiger partial charge in [-0.1, -0.05) is 30.3 Å². The molecular weight excluding hydrogens is 392 g/mol. The number of amides is 1. The Balaban J connectivity index is 1.48. The van der Waals surface area contributed by atoms with Crippen molar-refractivity contribution in [2.45, 2.75) is 45.4 Å². The van der Waals surface area contributed by atoms with Crippen LogP contribution in [0.1, 0.15) is 45.5 Å². The molecule has 2 heterocycles. The number of rotatable bonds is 4. The summed E-state index contributed by atoms with van der Waals surface area (Å²) < 4.78 is 11.3. The summed E-state index contributed by atoms with van der Waals surface area (Å²) in [4.78, 5) is 28.0. The smallest absolute Gasteiger partial charge is 0.410 e. The maximum absolute atomic E-state index is 13.4. The molecule has 2 aliphatic heterocycles. The summed E-state index contributed by atoms with van der Waals surface area (Å²) in [5.41, 5.74) is 3.85. The van der Waals surface area contributed by atoms with Crippen LogP contribution < -0.4 is 0 Å². The van der Waals surface area contributed by atoms with E-state index in [0.717, 1.165) is 16.7 Å². The minimum atomic E-state index is -0.348. The fourth-order valence-electron chi connectivity index (χ4n) is 4.84. The zero-order chi connectivity index (χ0) is 22.0. The van der Waals surface area contributed by atoms with Crippen molar-refractivity contribution in [3.8, 4) is 6.07 Å². The van der Waals surface area contributed by atoms with Crippen molar-refractivity contribution in [3.63, 3.8) is 0 Å². The Hall–Kier alpha value is -3.17. The van der Waals surface area contributed by atoms with Crippen LogP contribution in [-0.2, 0) is 16.1 Å². The van der Waals surface area contributed by atoms with E-state index < -0.39 is 0 Å². The highest BCUT2D eigenvalue weighted by atomic mass is 16.6. The van der Waals surface area contributed by atoms with Crippen molar-refractivity contribution in [2.75, 3.05) is 13.2 Å². The molecule has 31 heavy (non-hydrogen) atoms. The van der Waals surface area contributed by atoms with E-state index in [0.29, 0.717) is 37.2 Å². The van der Waals surface area contributed by atoms with Crippen molar-refractivity contribution in [1.29, 1.82) is 5.26 Å². The number of piperidine rings is 1. The van der Waals surface area contributed by atoms with E-state index in [1.807, 2.05) is 44.2 Å². The Labute approximate surface area is 182 Å². The van der Waals surface area contributed by atoms with E-state index in [9.17, 15) is 14.9 Å². The standard InChI is InChI=1S/C25H26N2O4/c1-16-8-19(12-26)9-17(2)23(16)24(28)20-10-21-14-30-15-22(11-20)27(21)25(29)31-13-18-6-4-3-5-7-18/h3-9,20-22H,10-11,13-15H2,1-2H3. The first-order valence-electron chi connectivity index (χ1n) is 10.6. The first-order chi connectivity index (χ1) is 15.0. The maximum Gasteiger partial charge on any atom is 0.410 e. The average molecular weight is 418 g/mol. The Bertz CT molecular complexity index is 991. The second-order valence-electron chi connectivity index (χ2n) is 8.42. The lowest BCUT2D eigenvalue weighted by Crippen LogP contribution is -2.60. The molecular formula is C25H26N2O4. The summed E-state index contributed by atoms with van der Waals surface area (Å²) in [6, 6.07) is 14.9. The molecule has 0 aliphatic carbocycles. The van der Waals surface area contributed by atoms with Crippen LogP contribution in [0, 0.1) is 31.1 Å². The second kappa shape index (κ2) is 8.91. The molecule has 0 aromatic heterocycles. The molecule has 2 aromatic rings. The Morgan fingerprint density at radius 1 is 1.10 bits per heavy atom. The highest BCUT2D eigenvalue weighted by molar-refractivity contribution is 6.00. The Morgan fingerprint density at radius 3 is 2.29 bits per heavy atom. The molecule has 2 fully saturated rings. The van der Waals surface area contributed by atoms with Gasteiger partial charge >= 0.3 is 6.09 Å². The van der Waals surface area contributed by atoms with Crippen molar-refractivity contribution >= 4 is 11.9 Å². The number of ketones is 1. The third kappa shape index (κ3) is 4.33. The van der Waals surface area contributed by atoms with Gasteiger partial charge in [0.15, 0.2) is 5.78 Å². The molecule has 2 unspecified atom stereocenters. The van der Waals surface area contributed by atoms with Crippen LogP contribution in [-0.4, -0.2) is 42.1 Å². The molecule has 160 valence electrons. The summed E-state index contributed by atoms with van der Waals surface area (Å²) >= 11 is 0. The number of aryl methyl sites for hydroxylation is 2. The lowest BCUT2D eigenvalue weighted by Gasteiger charge is -2.47. The number of carbonyl (C=O) groups is 2. The SMILES string of the molecule is Cc1cc(C#N)cc(C)c1C(=O)C1CC2COCC(C1)N2C(=O)OCc1ccccc1. The normalized spacial score (nSPS) is 22.5. The minimum absolute atomic E-state index is 0.0914. The van der Waals surface area contributed by atoms with Gasteiger partial charge in [0.05, 0.1) is 36.9 Å². The number of nitrogens with zero attached hydrogens (tertiary/aromatic N) is 2. The number of Topliss-reactive ketones (excluding diaryl/α,β-unsaturated/α-hetero) is 1. The van der Waals surface area contributed by atoms with E-state index in [1.165, 1.54) is 0 Å². The third-order valence-electron chi connectivity index (χ3n) is 6.22. The first-order valence-corrected chi connectivity index (χ1v) is 10.6. The highest BCUT2D eigenvalue weighted by Crippen LogP contribution is 2.35. The molecule has 0 N–H and O–H groups in total. The molecule has 0 radical (unpaired) electrons. The van der Waals surface area contributed by atoms with Gasteiger partial charge in [0.2, 0.25) is 0 Å². The van der Waals surface area contributed by atoms with E-state index in [2.05, 4.69) is 6.07 Å². The van der Waals surface area contributed by atoms with Gasteiger partial charge in [-0.05, 0) is 55.5 Å². The molecule has 0 saturated carbocycles. The number of morpholine rings is 1. The molecule has 4 rings (SSSR count). The zero-order valence-electron chi connectivity index (χ0n) is 17.8. The van der Waals surface area contributed by atoms with Crippen LogP contribution in [0.4, 0.5) is 4.79 Å². The van der Waals surface area contributed by atoms with Gasteiger partial charge in [-0.25, -0.2) is 4.79 Å². The molecule has 2 aromatic carbocycles. The Kier molecular flexibility index (Phi) is 6.06. The summed E-state index contributed by atoms with van der Waals surface area (Å²) in [7, 11) is 0. The van der Waals surface area contributed by atoms with Crippen LogP contribution in [0.25, 0.3) is 0 Å². The maximum atomic E-state index is 13.4. The summed E-state index contributed by atoms with van der Waals surface area (Å²) in [6.45, 7) is 4.79. The number of hydrogen-bond acceptors (Lipinski definition) is 5. The Morgan fingerprint density at radius 2 is 1.71 bits per heavy atom. The number of fused-ring (bicyclic) bond motifs is 2. The first kappa shape index (κ1) is 21.1. The number of benzene rings is 2. The summed E-state index contributed by atoms with van der Waals surface area (Å²) in [5, 5.41) is 9.17. The molecule has 2 saturated heterocycles. The largest absolute Gasteiger partial charge is 0.445 e. The quantitative estimate of drug-likeness (QED) is 0.696. The summed E-state index contributed by atoms with van der Waals surface area (Å²) in [5.74, 6) is -0.0869. The zero-order valence-corrected chi connectivity index (χ0v) is 17.8. The average Bonchev–Trinajstić information content (AvgIpc) is 2.76. The minimum Gasteiger partial charge on any atom is -0.445 e. The van der Waals surface area contributed by atoms with Crippen molar-refractivity contribution in [2.24, 2.45) is 5.92 Å². The predicted octanol–water partition coefficient (Wildman–Crippen LogP) is 4.17. The van der Waals surface area contributed by atoms with Crippen molar-refractivity contribution < 1.29 is 19.1 Å². The van der Waals surface area contributed by atoms with E-state index in [4.69, 9.17) is 9.47 Å². The molecule has 6 nitrogen and oxygen atoms in total. The monoisotopic (exact) mass is 418 g/mol. The molecule has 2 bridgehead atoms. The van der Waals surface area contributed by atoms with Crippen LogP contribution in [0.2, 0.25) is 0 Å². The topological polar surface area (TPSA) is 79.6 Å². The molecule has 2 atom stereocenters. The third-order valence-corrected chi connectivity index (χ3v) is 6.22. The van der Waals surface area contributed by atoms with Gasteiger partial charge in [-0.3, -0.25) is 9.69 Å². The molecule has 1 amide bonds. The van der Waals surface area contributed by atoms with Crippen LogP contribution in [0.15, 0.2) is 42.5 Å². The lowest BCUT2D eigenvalue weighted by molar-refractivity contribution is -0.0755. The van der Waals surface area contributed by atoms with Gasteiger partial charge in [0.25, 0.3) is 0 Å². The fourth-order valence-corrected chi connectivity index (χ4v) is 4.84. The lowest BCUT2D eigenvalue weighted by atomic mass is 9.79. The number of ether oxygens (including phenoxy) is 2. The molecule has 2 aliphatic rings. The molecule has 0 spiro atoms. The van der Waals surface area contributed by atoms with Crippen LogP contribution in [0.3, 0.4) is 0 Å². The summed E-state index contributed by atoms with van der Waals surface area (Å²) in [6.07, 6.45) is 0.752. The second-order valence-corrected chi connectivity index (χ2v) is 8.42. The van der Waals surface area contributed by atoms with E-state index in [1.54, 1.807) is 17.0 Å². The van der Waals surface area contributed by atoms with Gasteiger partial charge in [0, 0.05) is 11.5 Å². The van der Waals surface area contributed by atoms with Crippen LogP contribution >= 0.6 is 0 Å². The van der Waals surface area contributed by atoms with Crippen molar-refractivity contribution in [1.82, 2.24) is 4.90 Å². The number of nitriles is 1. The number of hydrogen-bond donors (Lipinski definition) is 0. The highest BCUT2D eigenvalue weighted by Gasteiger charge is 2.44. The molecule has 6 heteroatoms. The van der Waals surface area contributed by atoms with Gasteiger partial charge < -0.3 is 9.47 Å².